The van der Waals surface area contributed by atoms with E-state index in [0.717, 1.165) is 6.26 Å². The molecule has 0 aliphatic heterocycles. The van der Waals surface area contributed by atoms with Gasteiger partial charge in [-0.1, -0.05) is 11.6 Å². The number of carbonyl (C=O) groups is 2. The van der Waals surface area contributed by atoms with Gasteiger partial charge in [0.1, 0.15) is 5.56 Å². The molecule has 0 aliphatic rings. The lowest BCUT2D eigenvalue weighted by Gasteiger charge is -2.17. The topological polar surface area (TPSA) is 105 Å². The zero-order valence-corrected chi connectivity index (χ0v) is 20.5. The van der Waals surface area contributed by atoms with Crippen LogP contribution in [0, 0.1) is 26.2 Å². The van der Waals surface area contributed by atoms with Gasteiger partial charge in [0.25, 0.3) is 0 Å². The molecule has 2 aromatic rings. The van der Waals surface area contributed by atoms with Crippen LogP contribution in [0.3, 0.4) is 0 Å². The maximum atomic E-state index is 13.4. The molecule has 0 saturated carbocycles. The number of hydrogen-bond donors (Lipinski definition) is 0. The van der Waals surface area contributed by atoms with E-state index in [0.29, 0.717) is 16.8 Å². The van der Waals surface area contributed by atoms with Crippen molar-refractivity contribution in [1.82, 2.24) is 9.78 Å². The molecule has 0 fully saturated rings. The van der Waals surface area contributed by atoms with Crippen molar-refractivity contribution in [1.29, 1.82) is 0 Å². The van der Waals surface area contributed by atoms with Gasteiger partial charge in [-0.3, -0.25) is 9.59 Å². The lowest BCUT2D eigenvalue weighted by atomic mass is 9.98. The van der Waals surface area contributed by atoms with Gasteiger partial charge >= 0.3 is 5.97 Å². The molecular formula is C21H27ClN2O6S. The molecule has 0 amide bonds. The molecule has 1 aromatic heterocycles. The van der Waals surface area contributed by atoms with Gasteiger partial charge in [-0.2, -0.15) is 5.10 Å². The molecular weight excluding hydrogens is 444 g/mol. The Bertz CT molecular complexity index is 1160. The van der Waals surface area contributed by atoms with E-state index >= 15 is 0 Å². The quantitative estimate of drug-likeness (QED) is 0.361. The molecule has 1 heterocycles. The van der Waals surface area contributed by atoms with Gasteiger partial charge in [-0.25, -0.2) is 13.1 Å². The van der Waals surface area contributed by atoms with Gasteiger partial charge in [0, 0.05) is 18.9 Å². The van der Waals surface area contributed by atoms with Crippen LogP contribution in [0.2, 0.25) is 5.02 Å². The van der Waals surface area contributed by atoms with E-state index in [4.69, 9.17) is 21.1 Å². The summed E-state index contributed by atoms with van der Waals surface area (Å²) in [5.74, 6) is -0.813. The van der Waals surface area contributed by atoms with Gasteiger partial charge in [0.2, 0.25) is 18.5 Å². The number of carbonyl (C=O) groups excluding carboxylic acids is 2. The number of halogens is 1. The molecule has 0 radical (unpaired) electrons. The number of ketones is 1. The average Bonchev–Trinajstić information content (AvgIpc) is 2.89. The summed E-state index contributed by atoms with van der Waals surface area (Å²) in [5.41, 5.74) is 0.697. The number of rotatable bonds is 6. The Morgan fingerprint density at radius 3 is 2.29 bits per heavy atom. The zero-order chi connectivity index (χ0) is 23.9. The first-order valence-corrected chi connectivity index (χ1v) is 11.7. The van der Waals surface area contributed by atoms with Crippen molar-refractivity contribution < 1.29 is 27.5 Å². The van der Waals surface area contributed by atoms with E-state index in [-0.39, 0.29) is 26.9 Å². The Morgan fingerprint density at radius 2 is 1.77 bits per heavy atom. The molecule has 1 aromatic carbocycles. The molecule has 0 aliphatic carbocycles. The minimum atomic E-state index is -3.52. The maximum Gasteiger partial charge on any atom is 0.314 e. The number of sulfone groups is 1. The molecule has 31 heavy (non-hydrogen) atoms. The molecule has 0 unspecified atom stereocenters. The fourth-order valence-corrected chi connectivity index (χ4v) is 4.83. The van der Waals surface area contributed by atoms with Gasteiger partial charge in [0.05, 0.1) is 21.0 Å². The number of nitrogens with zero attached hydrogens (tertiary/aromatic N) is 2. The predicted molar refractivity (Wildman–Crippen MR) is 116 cm³/mol. The highest BCUT2D eigenvalue weighted by molar-refractivity contribution is 7.90. The maximum absolute atomic E-state index is 13.4. The first-order valence-electron chi connectivity index (χ1n) is 9.45. The molecule has 10 heteroatoms. The van der Waals surface area contributed by atoms with Crippen LogP contribution in [0.25, 0.3) is 0 Å². The summed E-state index contributed by atoms with van der Waals surface area (Å²) < 4.78 is 36.3. The van der Waals surface area contributed by atoms with Crippen LogP contribution in [0.15, 0.2) is 11.0 Å². The van der Waals surface area contributed by atoms with Crippen LogP contribution < -0.4 is 4.74 Å². The molecule has 8 nitrogen and oxygen atoms in total. The second kappa shape index (κ2) is 8.63. The lowest BCUT2D eigenvalue weighted by molar-refractivity contribution is -0.159. The van der Waals surface area contributed by atoms with Crippen LogP contribution in [0.5, 0.6) is 5.88 Å². The second-order valence-electron chi connectivity index (χ2n) is 8.44. The van der Waals surface area contributed by atoms with E-state index in [2.05, 4.69) is 5.10 Å². The lowest BCUT2D eigenvalue weighted by Crippen LogP contribution is -2.25. The summed E-state index contributed by atoms with van der Waals surface area (Å²) in [5, 5.41) is 4.27. The highest BCUT2D eigenvalue weighted by Gasteiger charge is 2.29. The fraction of sp³-hybridized carbons (Fsp3) is 0.476. The average molecular weight is 471 g/mol. The van der Waals surface area contributed by atoms with E-state index < -0.39 is 33.8 Å². The third-order valence-corrected chi connectivity index (χ3v) is 6.49. The second-order valence-corrected chi connectivity index (χ2v) is 10.8. The molecule has 170 valence electrons. The molecule has 0 atom stereocenters. The van der Waals surface area contributed by atoms with E-state index in [1.165, 1.54) is 10.7 Å². The van der Waals surface area contributed by atoms with Gasteiger partial charge in [0.15, 0.2) is 9.84 Å². The van der Waals surface area contributed by atoms with E-state index in [1.807, 2.05) is 0 Å². The third-order valence-electron chi connectivity index (χ3n) is 4.64. The molecule has 0 saturated heterocycles. The Labute approximate surface area is 187 Å². The SMILES string of the molecule is Cc1cc(C(=O)c2c(C)nn(C)c2OCOC(=O)C(C)(C)C)c(Cl)c(C)c1S(C)(=O)=O. The van der Waals surface area contributed by atoms with Crippen molar-refractivity contribution >= 4 is 33.2 Å². The zero-order valence-electron chi connectivity index (χ0n) is 18.9. The predicted octanol–water partition coefficient (Wildman–Crippen LogP) is 3.56. The van der Waals surface area contributed by atoms with Gasteiger partial charge in [-0.15, -0.1) is 0 Å². The van der Waals surface area contributed by atoms with Crippen LogP contribution in [0.1, 0.15) is 53.5 Å². The van der Waals surface area contributed by atoms with Gasteiger partial charge in [-0.05, 0) is 58.7 Å². The van der Waals surface area contributed by atoms with E-state index in [1.54, 1.807) is 48.6 Å². The first kappa shape index (κ1) is 24.9. The Balaban J connectivity index is 2.47. The van der Waals surface area contributed by atoms with Crippen LogP contribution in [-0.4, -0.2) is 43.0 Å². The summed E-state index contributed by atoms with van der Waals surface area (Å²) in [6, 6.07) is 1.45. The number of aryl methyl sites for hydroxylation is 3. The van der Waals surface area contributed by atoms with Gasteiger partial charge < -0.3 is 9.47 Å². The summed E-state index contributed by atoms with van der Waals surface area (Å²) in [4.78, 5) is 25.4. The molecule has 0 N–H and O–H groups in total. The summed E-state index contributed by atoms with van der Waals surface area (Å²) in [6.45, 7) is 9.55. The van der Waals surface area contributed by atoms with Crippen LogP contribution >= 0.6 is 11.6 Å². The van der Waals surface area contributed by atoms with E-state index in [9.17, 15) is 18.0 Å². The fourth-order valence-electron chi connectivity index (χ4n) is 3.23. The molecule has 0 bridgehead atoms. The smallest absolute Gasteiger partial charge is 0.314 e. The summed E-state index contributed by atoms with van der Waals surface area (Å²) in [7, 11) is -1.93. The van der Waals surface area contributed by atoms with Crippen LogP contribution in [-0.2, 0) is 26.4 Å². The normalized spacial score (nSPS) is 12.0. The number of aromatic nitrogens is 2. The van der Waals surface area contributed by atoms with Crippen LogP contribution in [0.4, 0.5) is 0 Å². The third kappa shape index (κ3) is 5.10. The molecule has 2 rings (SSSR count). The minimum Gasteiger partial charge on any atom is -0.440 e. The standard InChI is InChI=1S/C21H27ClN2O6S/c1-11-9-14(16(22)12(2)18(11)31(8,27)28)17(25)15-13(3)23-24(7)19(15)29-10-30-20(26)21(4,5)6/h9H,10H2,1-8H3. The Hall–Kier alpha value is -2.39. The number of esters is 1. The minimum absolute atomic E-state index is 0.0457. The van der Waals surface area contributed by atoms with Crippen molar-refractivity contribution in [3.05, 3.63) is 39.0 Å². The van der Waals surface area contributed by atoms with Crippen molar-refractivity contribution in [3.8, 4) is 5.88 Å². The summed E-state index contributed by atoms with van der Waals surface area (Å²) in [6.07, 6.45) is 1.09. The Morgan fingerprint density at radius 1 is 1.19 bits per heavy atom. The van der Waals surface area contributed by atoms with Crippen molar-refractivity contribution in [2.75, 3.05) is 13.0 Å². The first-order chi connectivity index (χ1) is 14.1. The summed E-state index contributed by atoms with van der Waals surface area (Å²) >= 11 is 6.41. The monoisotopic (exact) mass is 470 g/mol. The number of ether oxygens (including phenoxy) is 2. The van der Waals surface area contributed by atoms with Crippen molar-refractivity contribution in [2.45, 2.75) is 46.4 Å². The largest absolute Gasteiger partial charge is 0.440 e. The van der Waals surface area contributed by atoms with Crippen molar-refractivity contribution in [3.63, 3.8) is 0 Å². The molecule has 0 spiro atoms. The highest BCUT2D eigenvalue weighted by atomic mass is 35.5. The number of benzene rings is 1. The van der Waals surface area contributed by atoms with Crippen molar-refractivity contribution in [2.24, 2.45) is 12.5 Å². The Kier molecular flexibility index (Phi) is 6.92. The number of hydrogen-bond acceptors (Lipinski definition) is 7. The highest BCUT2D eigenvalue weighted by Crippen LogP contribution is 2.34.